The summed E-state index contributed by atoms with van der Waals surface area (Å²) in [5.41, 5.74) is 3.46. The van der Waals surface area contributed by atoms with E-state index in [1.165, 1.54) is 0 Å². The van der Waals surface area contributed by atoms with Crippen LogP contribution in [-0.2, 0) is 11.3 Å². The number of nitrogens with zero attached hydrogens (tertiary/aromatic N) is 3. The van der Waals surface area contributed by atoms with Crippen molar-refractivity contribution in [3.8, 4) is 0 Å². The van der Waals surface area contributed by atoms with Crippen LogP contribution in [0.25, 0.3) is 10.9 Å². The van der Waals surface area contributed by atoms with Crippen LogP contribution < -0.4 is 10.2 Å². The van der Waals surface area contributed by atoms with E-state index in [0.717, 1.165) is 21.5 Å². The highest BCUT2D eigenvalue weighted by molar-refractivity contribution is 6.18. The lowest BCUT2D eigenvalue weighted by Crippen LogP contribution is -2.40. The molecule has 0 radical (unpaired) electrons. The SMILES string of the molecule is Cc1cc2c(cc1C)N(C(=O)C(F)(F)F)c1c(n(CCN(C)C)c3ccccc13)N2. The van der Waals surface area contributed by atoms with Crippen LogP contribution in [0.4, 0.5) is 36.1 Å². The molecule has 0 saturated carbocycles. The summed E-state index contributed by atoms with van der Waals surface area (Å²) in [5, 5.41) is 3.91. The first-order valence-corrected chi connectivity index (χ1v) is 9.65. The van der Waals surface area contributed by atoms with Crippen molar-refractivity contribution in [2.45, 2.75) is 26.6 Å². The van der Waals surface area contributed by atoms with Gasteiger partial charge in [0.1, 0.15) is 5.82 Å². The number of alkyl halides is 3. The Morgan fingerprint density at radius 1 is 1.10 bits per heavy atom. The van der Waals surface area contributed by atoms with Crippen molar-refractivity contribution in [1.82, 2.24) is 9.47 Å². The van der Waals surface area contributed by atoms with Gasteiger partial charge in [-0.1, -0.05) is 18.2 Å². The molecule has 0 fully saturated rings. The molecule has 1 aromatic heterocycles. The number of hydrogen-bond donors (Lipinski definition) is 1. The lowest BCUT2D eigenvalue weighted by Gasteiger charge is -2.32. The average molecular weight is 416 g/mol. The smallest absolute Gasteiger partial charge is 0.338 e. The number of fused-ring (bicyclic) bond motifs is 4. The van der Waals surface area contributed by atoms with Crippen LogP contribution in [0.2, 0.25) is 0 Å². The number of likely N-dealkylation sites (N-methyl/N-ethyl adjacent to an activating group) is 1. The maximum Gasteiger partial charge on any atom is 0.472 e. The fraction of sp³-hybridized carbons (Fsp3) is 0.318. The van der Waals surface area contributed by atoms with Gasteiger partial charge in [-0.05, 0) is 57.3 Å². The second kappa shape index (κ2) is 7.05. The van der Waals surface area contributed by atoms with Gasteiger partial charge in [-0.2, -0.15) is 13.2 Å². The zero-order chi connectivity index (χ0) is 21.8. The highest BCUT2D eigenvalue weighted by Crippen LogP contribution is 2.50. The number of halogens is 3. The van der Waals surface area contributed by atoms with Crippen molar-refractivity contribution in [2.24, 2.45) is 0 Å². The third-order valence-corrected chi connectivity index (χ3v) is 5.49. The lowest BCUT2D eigenvalue weighted by atomic mass is 10.0. The minimum absolute atomic E-state index is 0.212. The second-order valence-corrected chi connectivity index (χ2v) is 7.89. The molecule has 8 heteroatoms. The summed E-state index contributed by atoms with van der Waals surface area (Å²) < 4.78 is 42.9. The Balaban J connectivity index is 2.02. The van der Waals surface area contributed by atoms with Crippen molar-refractivity contribution in [2.75, 3.05) is 30.9 Å². The van der Waals surface area contributed by atoms with Crippen LogP contribution in [0.3, 0.4) is 0 Å². The molecule has 0 spiro atoms. The van der Waals surface area contributed by atoms with Gasteiger partial charge in [-0.15, -0.1) is 0 Å². The van der Waals surface area contributed by atoms with Crippen molar-refractivity contribution >= 4 is 39.7 Å². The molecule has 1 amide bonds. The topological polar surface area (TPSA) is 40.5 Å². The molecule has 1 aliphatic rings. The molecule has 0 aliphatic carbocycles. The van der Waals surface area contributed by atoms with Crippen molar-refractivity contribution in [3.63, 3.8) is 0 Å². The molecule has 158 valence electrons. The Hall–Kier alpha value is -3.00. The third kappa shape index (κ3) is 3.21. The van der Waals surface area contributed by atoms with Gasteiger partial charge >= 0.3 is 12.1 Å². The molecule has 0 bridgehead atoms. The van der Waals surface area contributed by atoms with E-state index in [-0.39, 0.29) is 11.4 Å². The van der Waals surface area contributed by atoms with Gasteiger partial charge in [0, 0.05) is 18.5 Å². The number of nitrogens with one attached hydrogen (secondary N) is 1. The van der Waals surface area contributed by atoms with Gasteiger partial charge in [-0.3, -0.25) is 9.69 Å². The number of carbonyl (C=O) groups excluding carboxylic acids is 1. The quantitative estimate of drug-likeness (QED) is 0.646. The van der Waals surface area contributed by atoms with E-state index in [9.17, 15) is 18.0 Å². The number of amides is 1. The average Bonchev–Trinajstić information content (AvgIpc) is 2.97. The van der Waals surface area contributed by atoms with Gasteiger partial charge in [0.25, 0.3) is 0 Å². The number of anilines is 4. The van der Waals surface area contributed by atoms with Gasteiger partial charge in [-0.25, -0.2) is 0 Å². The molecule has 5 nitrogen and oxygen atoms in total. The first-order chi connectivity index (χ1) is 14.1. The van der Waals surface area contributed by atoms with Gasteiger partial charge in [0.2, 0.25) is 0 Å². The van der Waals surface area contributed by atoms with Gasteiger partial charge < -0.3 is 14.8 Å². The summed E-state index contributed by atoms with van der Waals surface area (Å²) in [6.07, 6.45) is -5.00. The normalized spacial score (nSPS) is 13.4. The minimum atomic E-state index is -5.00. The Bertz CT molecular complexity index is 1150. The molecule has 2 aromatic carbocycles. The molecule has 0 unspecified atom stereocenters. The van der Waals surface area contributed by atoms with E-state index < -0.39 is 12.1 Å². The van der Waals surface area contributed by atoms with Crippen LogP contribution in [0.5, 0.6) is 0 Å². The molecule has 4 rings (SSSR count). The maximum absolute atomic E-state index is 13.6. The monoisotopic (exact) mass is 416 g/mol. The summed E-state index contributed by atoms with van der Waals surface area (Å²) in [6.45, 7) is 4.97. The number of aryl methyl sites for hydroxylation is 2. The Morgan fingerprint density at radius 3 is 2.43 bits per heavy atom. The number of hydrogen-bond acceptors (Lipinski definition) is 3. The van der Waals surface area contributed by atoms with Crippen LogP contribution in [-0.4, -0.2) is 42.2 Å². The van der Waals surface area contributed by atoms with Crippen molar-refractivity contribution in [3.05, 3.63) is 47.5 Å². The van der Waals surface area contributed by atoms with E-state index >= 15 is 0 Å². The lowest BCUT2D eigenvalue weighted by molar-refractivity contribution is -0.169. The van der Waals surface area contributed by atoms with E-state index in [4.69, 9.17) is 0 Å². The van der Waals surface area contributed by atoms with Gasteiger partial charge in [0.15, 0.2) is 0 Å². The highest BCUT2D eigenvalue weighted by Gasteiger charge is 2.47. The zero-order valence-electron chi connectivity index (χ0n) is 17.3. The molecule has 30 heavy (non-hydrogen) atoms. The predicted molar refractivity (Wildman–Crippen MR) is 113 cm³/mol. The number of carbonyl (C=O) groups is 1. The molecular formula is C22H23F3N4O. The molecule has 3 aromatic rings. The fourth-order valence-corrected chi connectivity index (χ4v) is 3.84. The Kier molecular flexibility index (Phi) is 4.77. The maximum atomic E-state index is 13.6. The zero-order valence-corrected chi connectivity index (χ0v) is 17.3. The van der Waals surface area contributed by atoms with Gasteiger partial charge in [0.05, 0.1) is 22.6 Å². The van der Waals surface area contributed by atoms with E-state index in [0.29, 0.717) is 30.0 Å². The number of aromatic nitrogens is 1. The standard InChI is InChI=1S/C22H23F3N4O/c1-13-11-16-18(12-14(13)2)29(21(30)22(23,24)25)19-15-7-5-6-8-17(15)28(20(19)26-16)10-9-27(3)4/h5-8,11-12,26H,9-10H2,1-4H3. The Labute approximate surface area is 172 Å². The first-order valence-electron chi connectivity index (χ1n) is 9.65. The molecule has 1 N–H and O–H groups in total. The molecule has 1 aliphatic heterocycles. The number of benzene rings is 2. The fourth-order valence-electron chi connectivity index (χ4n) is 3.84. The van der Waals surface area contributed by atoms with Crippen molar-refractivity contribution < 1.29 is 18.0 Å². The van der Waals surface area contributed by atoms with Crippen molar-refractivity contribution in [1.29, 1.82) is 0 Å². The van der Waals surface area contributed by atoms with Crippen LogP contribution in [0.15, 0.2) is 36.4 Å². The molecule has 0 atom stereocenters. The number of para-hydroxylation sites is 1. The Morgan fingerprint density at radius 2 is 1.77 bits per heavy atom. The summed E-state index contributed by atoms with van der Waals surface area (Å²) in [4.78, 5) is 15.4. The van der Waals surface area contributed by atoms with Crippen LogP contribution >= 0.6 is 0 Å². The second-order valence-electron chi connectivity index (χ2n) is 7.89. The minimum Gasteiger partial charge on any atom is -0.338 e. The summed E-state index contributed by atoms with van der Waals surface area (Å²) in [6, 6.07) is 10.7. The van der Waals surface area contributed by atoms with E-state index in [1.807, 2.05) is 49.5 Å². The molecular weight excluding hydrogens is 393 g/mol. The number of rotatable bonds is 3. The summed E-state index contributed by atoms with van der Waals surface area (Å²) in [7, 11) is 3.87. The van der Waals surface area contributed by atoms with Crippen LogP contribution in [0, 0.1) is 13.8 Å². The summed E-state index contributed by atoms with van der Waals surface area (Å²) in [5.74, 6) is -1.41. The third-order valence-electron chi connectivity index (χ3n) is 5.49. The summed E-state index contributed by atoms with van der Waals surface area (Å²) >= 11 is 0. The largest absolute Gasteiger partial charge is 0.472 e. The predicted octanol–water partition coefficient (Wildman–Crippen LogP) is 5.10. The van der Waals surface area contributed by atoms with Crippen LogP contribution in [0.1, 0.15) is 11.1 Å². The first kappa shape index (κ1) is 20.3. The highest BCUT2D eigenvalue weighted by atomic mass is 19.4. The molecule has 0 saturated heterocycles. The molecule has 2 heterocycles. The van der Waals surface area contributed by atoms with E-state index in [2.05, 4.69) is 5.32 Å². The van der Waals surface area contributed by atoms with E-state index in [1.54, 1.807) is 24.3 Å².